The Kier molecular flexibility index (Phi) is 3.40. The average Bonchev–Trinajstić information content (AvgIpc) is 3.09. The monoisotopic (exact) mass is 353 g/mol. The van der Waals surface area contributed by atoms with E-state index in [4.69, 9.17) is 23.2 Å². The number of amides is 1. The third-order valence-corrected chi connectivity index (χ3v) is 6.46. The van der Waals surface area contributed by atoms with Crippen LogP contribution >= 0.6 is 35.0 Å². The lowest BCUT2D eigenvalue weighted by Gasteiger charge is -2.30. The van der Waals surface area contributed by atoms with Crippen molar-refractivity contribution in [3.05, 3.63) is 46.5 Å². The molecule has 0 aromatic rings. The first-order chi connectivity index (χ1) is 10.6. The number of halogens is 2. The van der Waals surface area contributed by atoms with Crippen molar-refractivity contribution in [2.24, 2.45) is 16.9 Å². The predicted molar refractivity (Wildman–Crippen MR) is 90.6 cm³/mol. The minimum Gasteiger partial charge on any atom is -0.345 e. The van der Waals surface area contributed by atoms with Gasteiger partial charge < -0.3 is 5.32 Å². The molecule has 0 bridgehead atoms. The van der Waals surface area contributed by atoms with Gasteiger partial charge >= 0.3 is 0 Å². The number of fused-ring (bicyclic) bond motifs is 2. The predicted octanol–water partition coefficient (Wildman–Crippen LogP) is 2.84. The third kappa shape index (κ3) is 1.99. The molecule has 2 aliphatic heterocycles. The summed E-state index contributed by atoms with van der Waals surface area (Å²) in [5, 5.41) is 9.49. The topological polar surface area (TPSA) is 53.5 Å². The summed E-state index contributed by atoms with van der Waals surface area (Å²) in [4.78, 5) is 11.7. The molecule has 2 heterocycles. The lowest BCUT2D eigenvalue weighted by molar-refractivity contribution is -0.122. The van der Waals surface area contributed by atoms with Crippen LogP contribution in [0.15, 0.2) is 51.6 Å². The Morgan fingerprint density at radius 1 is 1.27 bits per heavy atom. The van der Waals surface area contributed by atoms with Gasteiger partial charge in [0.1, 0.15) is 5.04 Å². The largest absolute Gasteiger partial charge is 0.345 e. The van der Waals surface area contributed by atoms with Gasteiger partial charge in [0.2, 0.25) is 0 Å². The van der Waals surface area contributed by atoms with E-state index in [0.29, 0.717) is 10.1 Å². The molecular formula is C15H13Cl2N3OS. The minimum atomic E-state index is -0.906. The lowest BCUT2D eigenvalue weighted by Crippen LogP contribution is -2.48. The Bertz CT molecular complexity index is 697. The number of rotatable bonds is 1. The van der Waals surface area contributed by atoms with Crippen molar-refractivity contribution >= 4 is 45.9 Å². The van der Waals surface area contributed by atoms with Gasteiger partial charge in [0, 0.05) is 16.0 Å². The second kappa shape index (κ2) is 5.18. The summed E-state index contributed by atoms with van der Waals surface area (Å²) in [6.45, 7) is 0. The number of thioether (sulfide) groups is 1. The highest BCUT2D eigenvalue weighted by Gasteiger charge is 2.61. The van der Waals surface area contributed by atoms with Crippen LogP contribution in [0.3, 0.4) is 0 Å². The van der Waals surface area contributed by atoms with Crippen molar-refractivity contribution in [1.82, 2.24) is 10.7 Å². The summed E-state index contributed by atoms with van der Waals surface area (Å²) in [6.07, 6.45) is 12.6. The van der Waals surface area contributed by atoms with Crippen LogP contribution in [0.2, 0.25) is 0 Å². The molecule has 0 aromatic heterocycles. The number of carbonyl (C=O) groups is 1. The molecule has 4 unspecified atom stereocenters. The van der Waals surface area contributed by atoms with Gasteiger partial charge in [0.25, 0.3) is 5.91 Å². The van der Waals surface area contributed by atoms with E-state index in [-0.39, 0.29) is 23.8 Å². The fourth-order valence-corrected chi connectivity index (χ4v) is 5.20. The molecule has 2 N–H and O–H groups in total. The minimum absolute atomic E-state index is 0.124. The van der Waals surface area contributed by atoms with Gasteiger partial charge in [0.05, 0.1) is 12.0 Å². The molecule has 4 atom stereocenters. The van der Waals surface area contributed by atoms with Gasteiger partial charge in [-0.3, -0.25) is 10.2 Å². The van der Waals surface area contributed by atoms with E-state index in [2.05, 4.69) is 28.0 Å². The van der Waals surface area contributed by atoms with Crippen molar-refractivity contribution < 1.29 is 4.79 Å². The average molecular weight is 354 g/mol. The van der Waals surface area contributed by atoms with Crippen LogP contribution < -0.4 is 10.7 Å². The van der Waals surface area contributed by atoms with Crippen molar-refractivity contribution in [2.75, 3.05) is 0 Å². The maximum atomic E-state index is 12.6. The first-order valence-corrected chi connectivity index (χ1v) is 8.60. The summed E-state index contributed by atoms with van der Waals surface area (Å²) in [5.41, 5.74) is 3.05. The number of nitrogens with one attached hydrogen (secondary N) is 2. The summed E-state index contributed by atoms with van der Waals surface area (Å²) in [5.74, 6) is -0.179. The first kappa shape index (κ1) is 14.4. The van der Waals surface area contributed by atoms with Crippen LogP contribution in [-0.2, 0) is 4.79 Å². The normalized spacial score (nSPS) is 39.1. The fraction of sp³-hybridized carbons (Fsp3) is 0.333. The Balaban J connectivity index is 1.64. The van der Waals surface area contributed by atoms with E-state index >= 15 is 0 Å². The molecule has 7 heteroatoms. The molecule has 22 heavy (non-hydrogen) atoms. The number of allylic oxidation sites excluding steroid dienone is 6. The molecule has 0 aromatic carbocycles. The summed E-state index contributed by atoms with van der Waals surface area (Å²) in [6, 6.07) is -0.289. The summed E-state index contributed by atoms with van der Waals surface area (Å²) >= 11 is 14.1. The van der Waals surface area contributed by atoms with E-state index in [1.165, 1.54) is 11.8 Å². The molecule has 0 radical (unpaired) electrons. The van der Waals surface area contributed by atoms with Crippen molar-refractivity contribution in [2.45, 2.75) is 17.3 Å². The molecule has 4 rings (SSSR count). The Labute approximate surface area is 142 Å². The number of nitrogens with zero attached hydrogens (tertiary/aromatic N) is 1. The standard InChI is InChI=1S/C15H13Cl2N3OS/c16-9-6-7-10(17)12-11(9)15(14(21)18-12)20-19-13(22-15)8-4-2-1-3-5-8/h1-4,6-8,11-12,20H,5H2,(H,18,21). The quantitative estimate of drug-likeness (QED) is 0.761. The van der Waals surface area contributed by atoms with E-state index in [9.17, 15) is 4.79 Å². The Morgan fingerprint density at radius 3 is 2.86 bits per heavy atom. The SMILES string of the molecule is O=C1NC2C(Cl)=CC=C(Cl)C2C12NN=C(C1C=CC=CC1)S2. The van der Waals surface area contributed by atoms with Crippen LogP contribution in [0.5, 0.6) is 0 Å². The first-order valence-electron chi connectivity index (χ1n) is 7.02. The second-order valence-electron chi connectivity index (χ2n) is 5.59. The van der Waals surface area contributed by atoms with Crippen LogP contribution in [0.4, 0.5) is 0 Å². The van der Waals surface area contributed by atoms with Crippen LogP contribution in [0, 0.1) is 11.8 Å². The highest BCUT2D eigenvalue weighted by Crippen LogP contribution is 2.50. The summed E-state index contributed by atoms with van der Waals surface area (Å²) in [7, 11) is 0. The molecule has 1 amide bonds. The fourth-order valence-electron chi connectivity index (χ4n) is 3.16. The highest BCUT2D eigenvalue weighted by molar-refractivity contribution is 8.16. The zero-order chi connectivity index (χ0) is 15.3. The number of carbonyl (C=O) groups excluding carboxylic acids is 1. The molecular weight excluding hydrogens is 341 g/mol. The van der Waals surface area contributed by atoms with Crippen LogP contribution in [0.25, 0.3) is 0 Å². The number of hydrazone groups is 1. The Morgan fingerprint density at radius 2 is 2.09 bits per heavy atom. The zero-order valence-electron chi connectivity index (χ0n) is 11.4. The molecule has 4 nitrogen and oxygen atoms in total. The summed E-state index contributed by atoms with van der Waals surface area (Å²) < 4.78 is 0. The van der Waals surface area contributed by atoms with Crippen molar-refractivity contribution in [1.29, 1.82) is 0 Å². The van der Waals surface area contributed by atoms with Gasteiger partial charge in [-0.05, 0) is 18.6 Å². The van der Waals surface area contributed by atoms with Gasteiger partial charge in [-0.15, -0.1) is 0 Å². The van der Waals surface area contributed by atoms with Crippen molar-refractivity contribution in [3.63, 3.8) is 0 Å². The van der Waals surface area contributed by atoms with E-state index < -0.39 is 4.87 Å². The number of hydrogen-bond donors (Lipinski definition) is 2. The van der Waals surface area contributed by atoms with Crippen LogP contribution in [-0.4, -0.2) is 21.9 Å². The maximum absolute atomic E-state index is 12.6. The van der Waals surface area contributed by atoms with Crippen molar-refractivity contribution in [3.8, 4) is 0 Å². The molecule has 2 aliphatic carbocycles. The van der Waals surface area contributed by atoms with Gasteiger partial charge in [-0.25, -0.2) is 0 Å². The van der Waals surface area contributed by atoms with Gasteiger partial charge in [-0.2, -0.15) is 5.10 Å². The third-order valence-electron chi connectivity index (χ3n) is 4.29. The van der Waals surface area contributed by atoms with Crippen LogP contribution in [0.1, 0.15) is 6.42 Å². The molecule has 1 saturated heterocycles. The van der Waals surface area contributed by atoms with E-state index in [1.807, 2.05) is 12.2 Å². The maximum Gasteiger partial charge on any atom is 0.259 e. The van der Waals surface area contributed by atoms with E-state index in [1.54, 1.807) is 12.2 Å². The Hall–Kier alpha value is -1.17. The lowest BCUT2D eigenvalue weighted by atomic mass is 9.91. The zero-order valence-corrected chi connectivity index (χ0v) is 13.8. The molecule has 114 valence electrons. The smallest absolute Gasteiger partial charge is 0.259 e. The number of hydrogen-bond acceptors (Lipinski definition) is 4. The van der Waals surface area contributed by atoms with Gasteiger partial charge in [0.15, 0.2) is 4.87 Å². The van der Waals surface area contributed by atoms with E-state index in [0.717, 1.165) is 11.5 Å². The second-order valence-corrected chi connectivity index (χ2v) is 7.73. The molecule has 1 fully saturated rings. The highest BCUT2D eigenvalue weighted by atomic mass is 35.5. The molecule has 1 spiro atoms. The molecule has 4 aliphatic rings. The van der Waals surface area contributed by atoms with Gasteiger partial charge in [-0.1, -0.05) is 59.3 Å². The molecule has 0 saturated carbocycles.